The van der Waals surface area contributed by atoms with Crippen molar-refractivity contribution in [3.63, 3.8) is 0 Å². The molecule has 0 saturated carbocycles. The third-order valence-electron chi connectivity index (χ3n) is 3.19. The molecule has 0 amide bonds. The number of rotatable bonds is 8. The topological polar surface area (TPSA) is 30.5 Å². The highest BCUT2D eigenvalue weighted by Crippen LogP contribution is 2.20. The van der Waals surface area contributed by atoms with Gasteiger partial charge in [0.1, 0.15) is 0 Å². The fourth-order valence-corrected chi connectivity index (χ4v) is 2.24. The Morgan fingerprint density at radius 2 is 2.18 bits per heavy atom. The maximum atomic E-state index is 5.65. The van der Waals surface area contributed by atoms with Crippen LogP contribution in [0.25, 0.3) is 0 Å². The molecule has 1 N–H and O–H groups in total. The molecule has 0 saturated heterocycles. The van der Waals surface area contributed by atoms with E-state index in [0.29, 0.717) is 19.3 Å². The van der Waals surface area contributed by atoms with Crippen LogP contribution in [0, 0.1) is 0 Å². The van der Waals surface area contributed by atoms with E-state index in [1.165, 1.54) is 32.1 Å². The summed E-state index contributed by atoms with van der Waals surface area (Å²) in [7, 11) is 1.71. The van der Waals surface area contributed by atoms with Crippen LogP contribution >= 0.6 is 0 Å². The van der Waals surface area contributed by atoms with Gasteiger partial charge >= 0.3 is 0 Å². The van der Waals surface area contributed by atoms with Crippen molar-refractivity contribution in [1.29, 1.82) is 0 Å². The molecule has 1 unspecified atom stereocenters. The van der Waals surface area contributed by atoms with Crippen LogP contribution in [0.5, 0.6) is 0 Å². The molecule has 0 aromatic rings. The Bertz CT molecular complexity index is 216. The molecular formula is C14H27NO2. The summed E-state index contributed by atoms with van der Waals surface area (Å²) in [6.45, 7) is 5.28. The second-order valence-electron chi connectivity index (χ2n) is 4.56. The second-order valence-corrected chi connectivity index (χ2v) is 4.56. The van der Waals surface area contributed by atoms with Crippen molar-refractivity contribution in [2.45, 2.75) is 45.1 Å². The molecule has 17 heavy (non-hydrogen) atoms. The van der Waals surface area contributed by atoms with E-state index in [4.69, 9.17) is 9.47 Å². The quantitative estimate of drug-likeness (QED) is 0.523. The van der Waals surface area contributed by atoms with Gasteiger partial charge in [-0.2, -0.15) is 0 Å². The molecule has 1 rings (SSSR count). The Balaban J connectivity index is 2.37. The van der Waals surface area contributed by atoms with Gasteiger partial charge in [-0.25, -0.2) is 0 Å². The molecule has 3 nitrogen and oxygen atoms in total. The normalized spacial score (nSPS) is 18.6. The minimum absolute atomic E-state index is 0.398. The molecule has 1 aliphatic rings. The molecule has 0 heterocycles. The van der Waals surface area contributed by atoms with E-state index in [1.54, 1.807) is 12.7 Å². The summed E-state index contributed by atoms with van der Waals surface area (Å²) in [5.41, 5.74) is 1.54. The van der Waals surface area contributed by atoms with Crippen molar-refractivity contribution in [3.8, 4) is 0 Å². The minimum Gasteiger partial charge on any atom is -0.382 e. The Kier molecular flexibility index (Phi) is 8.32. The first-order valence-corrected chi connectivity index (χ1v) is 6.87. The summed E-state index contributed by atoms with van der Waals surface area (Å²) < 4.78 is 10.6. The number of likely N-dealkylation sites (N-methyl/N-ethyl adjacent to an activating group) is 1. The average molecular weight is 241 g/mol. The average Bonchev–Trinajstić information content (AvgIpc) is 2.62. The number of methoxy groups -OCH3 is 1. The maximum Gasteiger partial charge on any atom is 0.0701 e. The van der Waals surface area contributed by atoms with Crippen LogP contribution in [-0.2, 0) is 9.47 Å². The van der Waals surface area contributed by atoms with Gasteiger partial charge in [0.15, 0.2) is 0 Å². The number of nitrogens with one attached hydrogen (secondary N) is 1. The molecule has 0 aromatic carbocycles. The van der Waals surface area contributed by atoms with Crippen LogP contribution in [-0.4, -0.2) is 39.5 Å². The van der Waals surface area contributed by atoms with Gasteiger partial charge in [-0.05, 0) is 32.2 Å². The lowest BCUT2D eigenvalue weighted by Gasteiger charge is -2.21. The highest BCUT2D eigenvalue weighted by atomic mass is 16.5. The third kappa shape index (κ3) is 6.20. The van der Waals surface area contributed by atoms with E-state index in [-0.39, 0.29) is 0 Å². The van der Waals surface area contributed by atoms with E-state index in [2.05, 4.69) is 18.3 Å². The van der Waals surface area contributed by atoms with E-state index in [9.17, 15) is 0 Å². The van der Waals surface area contributed by atoms with Crippen LogP contribution in [0.3, 0.4) is 0 Å². The van der Waals surface area contributed by atoms with Crippen LogP contribution in [0.2, 0.25) is 0 Å². The van der Waals surface area contributed by atoms with E-state index >= 15 is 0 Å². The molecule has 0 radical (unpaired) electrons. The van der Waals surface area contributed by atoms with Crippen molar-refractivity contribution in [3.05, 3.63) is 11.6 Å². The van der Waals surface area contributed by atoms with Gasteiger partial charge in [-0.15, -0.1) is 0 Å². The summed E-state index contributed by atoms with van der Waals surface area (Å²) in [6.07, 6.45) is 8.91. The number of hydrogen-bond acceptors (Lipinski definition) is 3. The maximum absolute atomic E-state index is 5.65. The molecule has 0 spiro atoms. The van der Waals surface area contributed by atoms with Gasteiger partial charge in [-0.3, -0.25) is 0 Å². The van der Waals surface area contributed by atoms with Gasteiger partial charge in [0.25, 0.3) is 0 Å². The zero-order valence-electron chi connectivity index (χ0n) is 11.3. The van der Waals surface area contributed by atoms with Crippen molar-refractivity contribution >= 4 is 0 Å². The lowest BCUT2D eigenvalue weighted by atomic mass is 10.0. The van der Waals surface area contributed by atoms with Crippen molar-refractivity contribution in [2.24, 2.45) is 0 Å². The Labute approximate surface area is 106 Å². The first-order chi connectivity index (χ1) is 8.38. The number of allylic oxidation sites excluding steroid dienone is 1. The standard InChI is InChI=1S/C14H27NO2/c1-3-15-14(12-17-11-10-16-2)13-8-6-4-5-7-9-13/h8,14-15H,3-7,9-12H2,1-2H3. The first-order valence-electron chi connectivity index (χ1n) is 6.87. The molecule has 0 aromatic heterocycles. The predicted molar refractivity (Wildman–Crippen MR) is 71.3 cm³/mol. The summed E-state index contributed by atoms with van der Waals surface area (Å²) >= 11 is 0. The smallest absolute Gasteiger partial charge is 0.0701 e. The number of hydrogen-bond donors (Lipinski definition) is 1. The largest absolute Gasteiger partial charge is 0.382 e. The second kappa shape index (κ2) is 9.63. The van der Waals surface area contributed by atoms with Crippen LogP contribution in [0.4, 0.5) is 0 Å². The highest BCUT2D eigenvalue weighted by Gasteiger charge is 2.14. The Morgan fingerprint density at radius 1 is 1.29 bits per heavy atom. The molecular weight excluding hydrogens is 214 g/mol. The summed E-state index contributed by atoms with van der Waals surface area (Å²) in [6, 6.07) is 0.398. The first kappa shape index (κ1) is 14.7. The summed E-state index contributed by atoms with van der Waals surface area (Å²) in [4.78, 5) is 0. The lowest BCUT2D eigenvalue weighted by Crippen LogP contribution is -2.35. The third-order valence-corrected chi connectivity index (χ3v) is 3.19. The molecule has 100 valence electrons. The van der Waals surface area contributed by atoms with Gasteiger partial charge in [0, 0.05) is 7.11 Å². The number of ether oxygens (including phenoxy) is 2. The molecule has 1 aliphatic carbocycles. The molecule has 1 atom stereocenters. The zero-order chi connectivity index (χ0) is 12.3. The van der Waals surface area contributed by atoms with Crippen LogP contribution in [0.1, 0.15) is 39.0 Å². The molecule has 3 heteroatoms. The predicted octanol–water partition coefficient (Wildman–Crippen LogP) is 2.52. The fraction of sp³-hybridized carbons (Fsp3) is 0.857. The summed E-state index contributed by atoms with van der Waals surface area (Å²) in [5, 5.41) is 3.52. The highest BCUT2D eigenvalue weighted by molar-refractivity contribution is 5.12. The Hall–Kier alpha value is -0.380. The SMILES string of the molecule is CCNC(COCCOC)C1=CCCCCC1. The molecule has 0 fully saturated rings. The molecule has 0 bridgehead atoms. The van der Waals surface area contributed by atoms with Gasteiger partial charge < -0.3 is 14.8 Å². The Morgan fingerprint density at radius 3 is 2.94 bits per heavy atom. The van der Waals surface area contributed by atoms with Gasteiger partial charge in [-0.1, -0.05) is 25.0 Å². The van der Waals surface area contributed by atoms with Crippen molar-refractivity contribution in [1.82, 2.24) is 5.32 Å². The van der Waals surface area contributed by atoms with Gasteiger partial charge in [0.05, 0.1) is 25.9 Å². The minimum atomic E-state index is 0.398. The summed E-state index contributed by atoms with van der Waals surface area (Å²) in [5.74, 6) is 0. The lowest BCUT2D eigenvalue weighted by molar-refractivity contribution is 0.0629. The molecule has 0 aliphatic heterocycles. The van der Waals surface area contributed by atoms with Crippen LogP contribution < -0.4 is 5.32 Å². The van der Waals surface area contributed by atoms with Gasteiger partial charge in [0.2, 0.25) is 0 Å². The van der Waals surface area contributed by atoms with E-state index in [0.717, 1.165) is 13.2 Å². The fourth-order valence-electron chi connectivity index (χ4n) is 2.24. The van der Waals surface area contributed by atoms with E-state index < -0.39 is 0 Å². The zero-order valence-corrected chi connectivity index (χ0v) is 11.3. The van der Waals surface area contributed by atoms with Crippen LogP contribution in [0.15, 0.2) is 11.6 Å². The monoisotopic (exact) mass is 241 g/mol. The van der Waals surface area contributed by atoms with Crippen molar-refractivity contribution < 1.29 is 9.47 Å². The van der Waals surface area contributed by atoms with Crippen molar-refractivity contribution in [2.75, 3.05) is 33.5 Å². The van der Waals surface area contributed by atoms with E-state index in [1.807, 2.05) is 0 Å².